The third kappa shape index (κ3) is 3.38. The molecule has 1 N–H and O–H groups in total. The number of furan rings is 1. The molecule has 0 bridgehead atoms. The number of carbonyl (C=O) groups excluding carboxylic acids is 1. The quantitative estimate of drug-likeness (QED) is 0.860. The van der Waals surface area contributed by atoms with Crippen LogP contribution in [0.15, 0.2) is 34.8 Å². The number of anilines is 1. The van der Waals surface area contributed by atoms with Crippen LogP contribution in [0.1, 0.15) is 23.4 Å². The van der Waals surface area contributed by atoms with Gasteiger partial charge in [0.05, 0.1) is 13.2 Å². The Bertz CT molecular complexity index is 819. The number of nitrogens with one attached hydrogen (secondary N) is 1. The van der Waals surface area contributed by atoms with E-state index in [1.54, 1.807) is 24.3 Å². The molecule has 25 heavy (non-hydrogen) atoms. The molecule has 0 aliphatic carbocycles. The Morgan fingerprint density at radius 3 is 2.72 bits per heavy atom. The van der Waals surface area contributed by atoms with Gasteiger partial charge in [0.25, 0.3) is 0 Å². The van der Waals surface area contributed by atoms with Gasteiger partial charge in [-0.2, -0.15) is 0 Å². The zero-order valence-electron chi connectivity index (χ0n) is 13.6. The molecule has 0 spiro atoms. The lowest BCUT2D eigenvalue weighted by Crippen LogP contribution is -2.08. The molecule has 3 heterocycles. The number of fused-ring (bicyclic) bond motifs is 1. The second-order valence-corrected chi connectivity index (χ2v) is 5.66. The molecule has 130 valence electrons. The second kappa shape index (κ2) is 6.62. The third-order valence-corrected chi connectivity index (χ3v) is 3.88. The average Bonchev–Trinajstić information content (AvgIpc) is 3.34. The van der Waals surface area contributed by atoms with Gasteiger partial charge < -0.3 is 28.7 Å². The molecule has 0 atom stereocenters. The summed E-state index contributed by atoms with van der Waals surface area (Å²) in [6, 6.07) is 7.12. The Morgan fingerprint density at radius 2 is 1.92 bits per heavy atom. The third-order valence-electron chi connectivity index (χ3n) is 3.88. The molecule has 0 saturated carbocycles. The van der Waals surface area contributed by atoms with Crippen molar-refractivity contribution in [2.45, 2.75) is 13.2 Å². The molecule has 1 fully saturated rings. The summed E-state index contributed by atoms with van der Waals surface area (Å²) in [6.07, 6.45) is 2.53. The summed E-state index contributed by atoms with van der Waals surface area (Å²) >= 11 is 0. The Labute approximate surface area is 144 Å². The standard InChI is InChI=1S/C18H17NO6/c1-11-8-15-16(24-10-23-15)9-13(11)19-17(20)5-3-12-2-4-14(25-12)18-21-6-7-22-18/h2-5,8-9,18H,6-7,10H2,1H3,(H,19,20). The van der Waals surface area contributed by atoms with Crippen LogP contribution in [-0.2, 0) is 14.3 Å². The van der Waals surface area contributed by atoms with Crippen molar-refractivity contribution in [1.82, 2.24) is 0 Å². The first kappa shape index (κ1) is 15.7. The molecule has 1 amide bonds. The van der Waals surface area contributed by atoms with E-state index in [1.807, 2.05) is 13.0 Å². The largest absolute Gasteiger partial charge is 0.456 e. The van der Waals surface area contributed by atoms with E-state index in [0.29, 0.717) is 41.9 Å². The fraction of sp³-hybridized carbons (Fsp3) is 0.278. The van der Waals surface area contributed by atoms with Crippen LogP contribution in [0.5, 0.6) is 11.5 Å². The lowest BCUT2D eigenvalue weighted by atomic mass is 10.1. The Morgan fingerprint density at radius 1 is 1.16 bits per heavy atom. The SMILES string of the molecule is Cc1cc2c(cc1NC(=O)C=Cc1ccc(C3OCCO3)o1)OCO2. The molecule has 1 aromatic heterocycles. The fourth-order valence-electron chi connectivity index (χ4n) is 2.62. The molecule has 7 heteroatoms. The highest BCUT2D eigenvalue weighted by Gasteiger charge is 2.21. The molecule has 1 saturated heterocycles. The minimum absolute atomic E-state index is 0.196. The molecule has 1 aromatic carbocycles. The van der Waals surface area contributed by atoms with Gasteiger partial charge in [-0.25, -0.2) is 0 Å². The number of carbonyl (C=O) groups is 1. The summed E-state index contributed by atoms with van der Waals surface area (Å²) in [6.45, 7) is 3.19. The molecule has 0 radical (unpaired) electrons. The molecule has 2 aliphatic heterocycles. The van der Waals surface area contributed by atoms with E-state index in [9.17, 15) is 4.79 Å². The van der Waals surface area contributed by atoms with Crippen LogP contribution in [-0.4, -0.2) is 25.9 Å². The number of hydrogen-bond acceptors (Lipinski definition) is 6. The highest BCUT2D eigenvalue weighted by atomic mass is 16.7. The van der Waals surface area contributed by atoms with Gasteiger partial charge in [0, 0.05) is 17.8 Å². The first-order valence-electron chi connectivity index (χ1n) is 7.91. The number of rotatable bonds is 4. The van der Waals surface area contributed by atoms with Crippen LogP contribution >= 0.6 is 0 Å². The minimum atomic E-state index is -0.466. The molecular formula is C18H17NO6. The molecule has 2 aromatic rings. The summed E-state index contributed by atoms with van der Waals surface area (Å²) in [4.78, 5) is 12.1. The maximum atomic E-state index is 12.1. The smallest absolute Gasteiger partial charge is 0.248 e. The zero-order chi connectivity index (χ0) is 17.2. The van der Waals surface area contributed by atoms with Crippen molar-refractivity contribution < 1.29 is 28.2 Å². The van der Waals surface area contributed by atoms with E-state index in [0.717, 1.165) is 5.56 Å². The predicted molar refractivity (Wildman–Crippen MR) is 88.3 cm³/mol. The van der Waals surface area contributed by atoms with Gasteiger partial charge in [-0.3, -0.25) is 4.79 Å². The molecule has 7 nitrogen and oxygen atoms in total. The maximum Gasteiger partial charge on any atom is 0.248 e. The lowest BCUT2D eigenvalue weighted by molar-refractivity contribution is -0.111. The number of benzene rings is 1. The van der Waals surface area contributed by atoms with Gasteiger partial charge >= 0.3 is 0 Å². The summed E-state index contributed by atoms with van der Waals surface area (Å²) in [5, 5.41) is 2.82. The van der Waals surface area contributed by atoms with Crippen molar-refractivity contribution in [3.8, 4) is 11.5 Å². The normalized spacial score (nSPS) is 16.7. The van der Waals surface area contributed by atoms with E-state index in [1.165, 1.54) is 6.08 Å². The Kier molecular flexibility index (Phi) is 4.17. The number of ether oxygens (including phenoxy) is 4. The fourth-order valence-corrected chi connectivity index (χ4v) is 2.62. The van der Waals surface area contributed by atoms with Crippen molar-refractivity contribution in [1.29, 1.82) is 0 Å². The van der Waals surface area contributed by atoms with E-state index in [2.05, 4.69) is 5.32 Å². The Hall–Kier alpha value is -2.77. The van der Waals surface area contributed by atoms with Crippen molar-refractivity contribution in [3.63, 3.8) is 0 Å². The van der Waals surface area contributed by atoms with E-state index < -0.39 is 6.29 Å². The Balaban J connectivity index is 1.41. The lowest BCUT2D eigenvalue weighted by Gasteiger charge is -2.07. The number of aryl methyl sites for hydroxylation is 1. The maximum absolute atomic E-state index is 12.1. The minimum Gasteiger partial charge on any atom is -0.456 e. The van der Waals surface area contributed by atoms with Gasteiger partial charge in [-0.1, -0.05) is 0 Å². The highest BCUT2D eigenvalue weighted by Crippen LogP contribution is 2.36. The van der Waals surface area contributed by atoms with Gasteiger partial charge in [0.2, 0.25) is 19.0 Å². The molecular weight excluding hydrogens is 326 g/mol. The van der Waals surface area contributed by atoms with Gasteiger partial charge in [-0.05, 0) is 36.8 Å². The first-order valence-corrected chi connectivity index (χ1v) is 7.91. The summed E-state index contributed by atoms with van der Waals surface area (Å²) in [5.74, 6) is 2.17. The van der Waals surface area contributed by atoms with Gasteiger partial charge in [0.1, 0.15) is 5.76 Å². The number of hydrogen-bond donors (Lipinski definition) is 1. The number of amides is 1. The second-order valence-electron chi connectivity index (χ2n) is 5.66. The van der Waals surface area contributed by atoms with Crippen molar-refractivity contribution in [2.75, 3.05) is 25.3 Å². The average molecular weight is 343 g/mol. The van der Waals surface area contributed by atoms with Crippen LogP contribution in [0.3, 0.4) is 0 Å². The highest BCUT2D eigenvalue weighted by molar-refractivity contribution is 6.02. The first-order chi connectivity index (χ1) is 12.2. The van der Waals surface area contributed by atoms with Crippen molar-refractivity contribution in [3.05, 3.63) is 47.4 Å². The summed E-state index contributed by atoms with van der Waals surface area (Å²) in [5.41, 5.74) is 1.56. The summed E-state index contributed by atoms with van der Waals surface area (Å²) < 4.78 is 27.0. The molecule has 4 rings (SSSR count). The van der Waals surface area contributed by atoms with Crippen molar-refractivity contribution >= 4 is 17.7 Å². The summed E-state index contributed by atoms with van der Waals surface area (Å²) in [7, 11) is 0. The predicted octanol–water partition coefficient (Wildman–Crippen LogP) is 3.01. The topological polar surface area (TPSA) is 79.2 Å². The van der Waals surface area contributed by atoms with Crippen molar-refractivity contribution in [2.24, 2.45) is 0 Å². The van der Waals surface area contributed by atoms with Gasteiger partial charge in [0.15, 0.2) is 17.3 Å². The van der Waals surface area contributed by atoms with Crippen LogP contribution in [0.25, 0.3) is 6.08 Å². The molecule has 2 aliphatic rings. The van der Waals surface area contributed by atoms with Crippen LogP contribution < -0.4 is 14.8 Å². The van der Waals surface area contributed by atoms with Crippen LogP contribution in [0.2, 0.25) is 0 Å². The molecule has 0 unspecified atom stereocenters. The van der Waals surface area contributed by atoms with E-state index >= 15 is 0 Å². The van der Waals surface area contributed by atoms with E-state index in [-0.39, 0.29) is 12.7 Å². The zero-order valence-corrected chi connectivity index (χ0v) is 13.6. The van der Waals surface area contributed by atoms with Crippen LogP contribution in [0, 0.1) is 6.92 Å². The van der Waals surface area contributed by atoms with Crippen LogP contribution in [0.4, 0.5) is 5.69 Å². The van der Waals surface area contributed by atoms with E-state index in [4.69, 9.17) is 23.4 Å². The van der Waals surface area contributed by atoms with Gasteiger partial charge in [-0.15, -0.1) is 0 Å². The monoisotopic (exact) mass is 343 g/mol.